The van der Waals surface area contributed by atoms with Gasteiger partial charge in [0.25, 0.3) is 0 Å². The molecule has 188 valence electrons. The molecule has 1 aromatic carbocycles. The van der Waals surface area contributed by atoms with Gasteiger partial charge < -0.3 is 13.9 Å². The molecule has 0 fully saturated rings. The molecule has 3 nitrogen and oxygen atoms in total. The molecule has 0 amide bonds. The Morgan fingerprint density at radius 3 is 2.00 bits per heavy atom. The predicted octanol–water partition coefficient (Wildman–Crippen LogP) is 8.68. The Labute approximate surface area is 205 Å². The highest BCUT2D eigenvalue weighted by Gasteiger charge is 2.44. The average Bonchev–Trinajstić information content (AvgIpc) is 2.81. The third kappa shape index (κ3) is 6.66. The Morgan fingerprint density at radius 1 is 0.939 bits per heavy atom. The van der Waals surface area contributed by atoms with Gasteiger partial charge in [0.15, 0.2) is 8.32 Å². The lowest BCUT2D eigenvalue weighted by atomic mass is 9.69. The van der Waals surface area contributed by atoms with Crippen LogP contribution in [0.1, 0.15) is 97.6 Å². The minimum Gasteiger partial charge on any atom is -0.496 e. The highest BCUT2D eigenvalue weighted by molar-refractivity contribution is 6.73. The third-order valence-corrected chi connectivity index (χ3v) is 12.9. The number of benzene rings is 1. The van der Waals surface area contributed by atoms with Crippen molar-refractivity contribution in [2.45, 2.75) is 117 Å². The maximum atomic E-state index is 7.16. The van der Waals surface area contributed by atoms with E-state index < -0.39 is 8.32 Å². The van der Waals surface area contributed by atoms with E-state index in [0.717, 1.165) is 30.8 Å². The van der Waals surface area contributed by atoms with Gasteiger partial charge in [-0.1, -0.05) is 52.2 Å². The first-order chi connectivity index (χ1) is 15.7. The molecule has 0 aliphatic heterocycles. The van der Waals surface area contributed by atoms with Crippen LogP contribution in [0.15, 0.2) is 23.8 Å². The van der Waals surface area contributed by atoms with E-state index in [2.05, 4.69) is 66.7 Å². The second-order valence-corrected chi connectivity index (χ2v) is 15.2. The molecule has 0 heterocycles. The fourth-order valence-electron chi connectivity index (χ4n) is 5.78. The molecule has 0 bridgehead atoms. The maximum absolute atomic E-state index is 7.16. The molecular formula is C29H50O3Si. The van der Waals surface area contributed by atoms with Crippen molar-refractivity contribution in [3.8, 4) is 11.5 Å². The summed E-state index contributed by atoms with van der Waals surface area (Å²) in [6.07, 6.45) is 9.47. The van der Waals surface area contributed by atoms with Gasteiger partial charge in [-0.2, -0.15) is 0 Å². The second kappa shape index (κ2) is 12.4. The first-order valence-corrected chi connectivity index (χ1v) is 15.9. The van der Waals surface area contributed by atoms with E-state index in [9.17, 15) is 0 Å². The van der Waals surface area contributed by atoms with E-state index in [1.807, 2.05) is 0 Å². The number of hydrogen-bond acceptors (Lipinski definition) is 3. The number of unbranched alkanes of at least 4 members (excludes halogenated alkanes) is 2. The Bertz CT molecular complexity index is 746. The van der Waals surface area contributed by atoms with E-state index in [1.165, 1.54) is 54.1 Å². The van der Waals surface area contributed by atoms with Crippen LogP contribution in [0.5, 0.6) is 11.5 Å². The Morgan fingerprint density at radius 2 is 1.52 bits per heavy atom. The van der Waals surface area contributed by atoms with E-state index >= 15 is 0 Å². The molecule has 0 saturated carbocycles. The van der Waals surface area contributed by atoms with Crippen LogP contribution in [0.3, 0.4) is 0 Å². The minimum atomic E-state index is -1.74. The van der Waals surface area contributed by atoms with Gasteiger partial charge in [-0.25, -0.2) is 0 Å². The van der Waals surface area contributed by atoms with Crippen LogP contribution in [-0.2, 0) is 10.8 Å². The molecule has 0 aromatic heterocycles. The molecule has 0 radical (unpaired) electrons. The molecule has 2 rings (SSSR count). The van der Waals surface area contributed by atoms with E-state index in [4.69, 9.17) is 13.9 Å². The summed E-state index contributed by atoms with van der Waals surface area (Å²) in [4.78, 5) is 0. The molecule has 1 aliphatic carbocycles. The van der Waals surface area contributed by atoms with Crippen molar-refractivity contribution in [2.24, 2.45) is 5.92 Å². The number of methoxy groups -OCH3 is 2. The Hall–Kier alpha value is -1.26. The van der Waals surface area contributed by atoms with Gasteiger partial charge in [-0.3, -0.25) is 0 Å². The minimum absolute atomic E-state index is 0.202. The standard InChI is InChI=1S/C29H50O3Si/c1-10-14-15-16-23-20-26(30-8)28(27(21-23)31-9)24-19-22(5)17-18-25(24)29(6,7)32-33(11-2,12-3)13-4/h19-21,24-25H,10-18H2,1-9H3/t24-,25-/m1/s1. The fraction of sp³-hybridized carbons (Fsp3) is 0.724. The fourth-order valence-corrected chi connectivity index (χ4v) is 8.98. The van der Waals surface area contributed by atoms with Crippen molar-refractivity contribution >= 4 is 8.32 Å². The van der Waals surface area contributed by atoms with Crippen molar-refractivity contribution in [2.75, 3.05) is 14.2 Å². The lowest BCUT2D eigenvalue weighted by Gasteiger charge is -2.47. The zero-order chi connectivity index (χ0) is 24.6. The quantitative estimate of drug-likeness (QED) is 0.162. The summed E-state index contributed by atoms with van der Waals surface area (Å²) in [5, 5.41) is 0. The molecule has 0 spiro atoms. The first kappa shape index (κ1) is 28.0. The summed E-state index contributed by atoms with van der Waals surface area (Å²) < 4.78 is 19.2. The maximum Gasteiger partial charge on any atom is 0.192 e. The van der Waals surface area contributed by atoms with Gasteiger partial charge in [-0.05, 0) is 88.2 Å². The SMILES string of the molecule is CCCCCc1cc(OC)c([C@@H]2C=C(C)CC[C@H]2C(C)(C)O[Si](CC)(CC)CC)c(OC)c1. The Balaban J connectivity index is 2.53. The van der Waals surface area contributed by atoms with Crippen molar-refractivity contribution < 1.29 is 13.9 Å². The van der Waals surface area contributed by atoms with Crippen molar-refractivity contribution in [3.05, 3.63) is 34.9 Å². The largest absolute Gasteiger partial charge is 0.496 e. The summed E-state index contributed by atoms with van der Waals surface area (Å²) in [5.74, 6) is 2.53. The molecular weight excluding hydrogens is 424 g/mol. The zero-order valence-electron chi connectivity index (χ0n) is 23.0. The highest BCUT2D eigenvalue weighted by Crippen LogP contribution is 2.50. The lowest BCUT2D eigenvalue weighted by molar-refractivity contribution is 0.0182. The van der Waals surface area contributed by atoms with Crippen LogP contribution in [0.25, 0.3) is 0 Å². The monoisotopic (exact) mass is 474 g/mol. The normalized spacial score (nSPS) is 19.4. The third-order valence-electron chi connectivity index (χ3n) is 8.06. The van der Waals surface area contributed by atoms with Crippen LogP contribution in [0.4, 0.5) is 0 Å². The highest BCUT2D eigenvalue weighted by atomic mass is 28.4. The van der Waals surface area contributed by atoms with Crippen LogP contribution in [-0.4, -0.2) is 28.1 Å². The van der Waals surface area contributed by atoms with Crippen molar-refractivity contribution in [1.29, 1.82) is 0 Å². The number of ether oxygens (including phenoxy) is 2. The summed E-state index contributed by atoms with van der Waals surface area (Å²) in [6.45, 7) is 16.1. The van der Waals surface area contributed by atoms with Crippen LogP contribution in [0, 0.1) is 5.92 Å². The predicted molar refractivity (Wildman–Crippen MR) is 144 cm³/mol. The topological polar surface area (TPSA) is 27.7 Å². The molecule has 4 heteroatoms. The summed E-state index contributed by atoms with van der Waals surface area (Å²) in [5.41, 5.74) is 3.75. The summed E-state index contributed by atoms with van der Waals surface area (Å²) >= 11 is 0. The number of hydrogen-bond donors (Lipinski definition) is 0. The molecule has 33 heavy (non-hydrogen) atoms. The van der Waals surface area contributed by atoms with Gasteiger partial charge >= 0.3 is 0 Å². The second-order valence-electron chi connectivity index (χ2n) is 10.5. The van der Waals surface area contributed by atoms with Gasteiger partial charge in [0.05, 0.1) is 19.8 Å². The molecule has 2 atom stereocenters. The lowest BCUT2D eigenvalue weighted by Crippen LogP contribution is -2.49. The van der Waals surface area contributed by atoms with Gasteiger partial charge in [0.1, 0.15) is 11.5 Å². The molecule has 0 saturated heterocycles. The molecule has 1 aliphatic rings. The van der Waals surface area contributed by atoms with Gasteiger partial charge in [-0.15, -0.1) is 0 Å². The van der Waals surface area contributed by atoms with Crippen LogP contribution in [0.2, 0.25) is 18.1 Å². The number of aryl methyl sites for hydroxylation is 1. The van der Waals surface area contributed by atoms with Gasteiger partial charge in [0, 0.05) is 11.5 Å². The summed E-state index contributed by atoms with van der Waals surface area (Å²) in [7, 11) is 1.86. The average molecular weight is 475 g/mol. The van der Waals surface area contributed by atoms with Crippen molar-refractivity contribution in [1.82, 2.24) is 0 Å². The van der Waals surface area contributed by atoms with E-state index in [1.54, 1.807) is 14.2 Å². The van der Waals surface area contributed by atoms with E-state index in [0.29, 0.717) is 5.92 Å². The first-order valence-electron chi connectivity index (χ1n) is 13.3. The zero-order valence-corrected chi connectivity index (χ0v) is 24.0. The molecule has 1 aromatic rings. The Kier molecular flexibility index (Phi) is 10.5. The van der Waals surface area contributed by atoms with Gasteiger partial charge in [0.2, 0.25) is 0 Å². The van der Waals surface area contributed by atoms with E-state index in [-0.39, 0.29) is 11.5 Å². The van der Waals surface area contributed by atoms with Crippen LogP contribution >= 0.6 is 0 Å². The van der Waals surface area contributed by atoms with Crippen molar-refractivity contribution in [3.63, 3.8) is 0 Å². The number of rotatable bonds is 13. The molecule has 0 unspecified atom stereocenters. The number of allylic oxidation sites excluding steroid dienone is 2. The smallest absolute Gasteiger partial charge is 0.192 e. The van der Waals surface area contributed by atoms with Crippen LogP contribution < -0.4 is 9.47 Å². The summed E-state index contributed by atoms with van der Waals surface area (Å²) in [6, 6.07) is 8.02. The molecule has 0 N–H and O–H groups in total.